The van der Waals surface area contributed by atoms with Crippen molar-refractivity contribution >= 4 is 17.5 Å². The van der Waals surface area contributed by atoms with Gasteiger partial charge in [-0.3, -0.25) is 9.59 Å². The topological polar surface area (TPSA) is 49.4 Å². The van der Waals surface area contributed by atoms with E-state index in [1.807, 2.05) is 5.32 Å². The third-order valence-corrected chi connectivity index (χ3v) is 3.30. The smallest absolute Gasteiger partial charge is 0.345 e. The highest BCUT2D eigenvalue weighted by atomic mass is 19.4. The predicted molar refractivity (Wildman–Crippen MR) is 65.8 cm³/mol. The van der Waals surface area contributed by atoms with Gasteiger partial charge in [0, 0.05) is 13.6 Å². The lowest BCUT2D eigenvalue weighted by Gasteiger charge is -2.16. The molecule has 21 heavy (non-hydrogen) atoms. The Labute approximate surface area is 117 Å². The molecule has 1 aliphatic heterocycles. The fraction of sp³-hybridized carbons (Fsp3) is 0.385. The fourth-order valence-electron chi connectivity index (χ4n) is 2.20. The van der Waals surface area contributed by atoms with Crippen LogP contribution >= 0.6 is 0 Å². The summed E-state index contributed by atoms with van der Waals surface area (Å²) < 4.78 is 51.8. The van der Waals surface area contributed by atoms with E-state index in [1.54, 1.807) is 0 Å². The Hall–Kier alpha value is -2.12. The lowest BCUT2D eigenvalue weighted by atomic mass is 10.1. The van der Waals surface area contributed by atoms with Crippen LogP contribution in [0.15, 0.2) is 18.2 Å². The summed E-state index contributed by atoms with van der Waals surface area (Å²) in [5, 5.41) is 2.00. The summed E-state index contributed by atoms with van der Waals surface area (Å²) in [4.78, 5) is 24.9. The maximum Gasteiger partial charge on any atom is 0.421 e. The second-order valence-electron chi connectivity index (χ2n) is 4.75. The second kappa shape index (κ2) is 5.34. The molecule has 0 aromatic heterocycles. The van der Waals surface area contributed by atoms with Crippen LogP contribution in [0.25, 0.3) is 0 Å². The Balaban J connectivity index is 2.27. The normalized spacial score (nSPS) is 19.0. The summed E-state index contributed by atoms with van der Waals surface area (Å²) in [5.41, 5.74) is -2.23. The number of rotatable bonds is 2. The van der Waals surface area contributed by atoms with Crippen molar-refractivity contribution in [1.82, 2.24) is 4.90 Å². The van der Waals surface area contributed by atoms with Crippen molar-refractivity contribution in [3.8, 4) is 0 Å². The van der Waals surface area contributed by atoms with Crippen molar-refractivity contribution in [2.45, 2.75) is 12.6 Å². The van der Waals surface area contributed by atoms with Gasteiger partial charge in [-0.05, 0) is 18.6 Å². The number of amides is 2. The Morgan fingerprint density at radius 3 is 2.57 bits per heavy atom. The van der Waals surface area contributed by atoms with Gasteiger partial charge in [-0.25, -0.2) is 4.39 Å². The average Bonchev–Trinajstić information content (AvgIpc) is 2.68. The van der Waals surface area contributed by atoms with Gasteiger partial charge >= 0.3 is 6.18 Å². The third kappa shape index (κ3) is 2.98. The van der Waals surface area contributed by atoms with Crippen molar-refractivity contribution in [3.63, 3.8) is 0 Å². The first kappa shape index (κ1) is 15.3. The van der Waals surface area contributed by atoms with Gasteiger partial charge in [-0.1, -0.05) is 6.07 Å². The number of hydrogen-bond donors (Lipinski definition) is 1. The quantitative estimate of drug-likeness (QED) is 0.673. The molecule has 0 spiro atoms. The number of carbonyl (C=O) groups is 2. The number of anilines is 1. The molecule has 1 atom stereocenters. The van der Waals surface area contributed by atoms with Gasteiger partial charge in [0.15, 0.2) is 0 Å². The average molecular weight is 304 g/mol. The van der Waals surface area contributed by atoms with Crippen LogP contribution < -0.4 is 5.32 Å². The number of benzene rings is 1. The molecule has 1 fully saturated rings. The summed E-state index contributed by atoms with van der Waals surface area (Å²) in [6.07, 6.45) is -4.72. The summed E-state index contributed by atoms with van der Waals surface area (Å²) in [6, 6.07) is 2.67. The van der Waals surface area contributed by atoms with Crippen LogP contribution in [0.2, 0.25) is 0 Å². The highest BCUT2D eigenvalue weighted by molar-refractivity contribution is 6.07. The molecule has 1 aromatic carbocycles. The number of nitrogens with zero attached hydrogens (tertiary/aromatic N) is 1. The molecule has 1 aromatic rings. The summed E-state index contributed by atoms with van der Waals surface area (Å²) >= 11 is 0. The summed E-state index contributed by atoms with van der Waals surface area (Å²) in [7, 11) is 1.50. The molecule has 0 saturated carbocycles. The number of carbonyl (C=O) groups excluding carboxylic acids is 2. The molecule has 1 heterocycles. The van der Waals surface area contributed by atoms with E-state index in [9.17, 15) is 27.2 Å². The zero-order chi connectivity index (χ0) is 15.8. The molecule has 4 nitrogen and oxygen atoms in total. The van der Waals surface area contributed by atoms with Crippen LogP contribution in [-0.2, 0) is 15.8 Å². The van der Waals surface area contributed by atoms with Crippen LogP contribution in [0, 0.1) is 11.7 Å². The van der Waals surface area contributed by atoms with Crippen LogP contribution in [0.4, 0.5) is 23.2 Å². The highest BCUT2D eigenvalue weighted by Gasteiger charge is 2.39. The van der Waals surface area contributed by atoms with Crippen molar-refractivity contribution in [3.05, 3.63) is 29.6 Å². The zero-order valence-corrected chi connectivity index (χ0v) is 11.0. The minimum absolute atomic E-state index is 0.220. The number of likely N-dealkylation sites (tertiary alicyclic amines) is 1. The molecule has 1 unspecified atom stereocenters. The molecule has 1 aliphatic rings. The molecule has 2 rings (SSSR count). The third-order valence-electron chi connectivity index (χ3n) is 3.30. The summed E-state index contributed by atoms with van der Waals surface area (Å²) in [5.74, 6) is -3.84. The van der Waals surface area contributed by atoms with Gasteiger partial charge in [0.25, 0.3) is 0 Å². The molecule has 0 bridgehead atoms. The van der Waals surface area contributed by atoms with E-state index in [0.717, 1.165) is 12.1 Å². The largest absolute Gasteiger partial charge is 0.421 e. The molecule has 8 heteroatoms. The van der Waals surface area contributed by atoms with Crippen molar-refractivity contribution in [2.24, 2.45) is 5.92 Å². The first-order valence-corrected chi connectivity index (χ1v) is 6.13. The van der Waals surface area contributed by atoms with Crippen molar-refractivity contribution < 1.29 is 27.2 Å². The Morgan fingerprint density at radius 2 is 2.05 bits per heavy atom. The van der Waals surface area contributed by atoms with Crippen LogP contribution in [0.1, 0.15) is 12.0 Å². The summed E-state index contributed by atoms with van der Waals surface area (Å²) in [6.45, 7) is 0.353. The lowest BCUT2D eigenvalue weighted by molar-refractivity contribution is -0.139. The monoisotopic (exact) mass is 304 g/mol. The Bertz CT molecular complexity index is 586. The van der Waals surface area contributed by atoms with Crippen molar-refractivity contribution in [1.29, 1.82) is 0 Å². The number of hydrogen-bond acceptors (Lipinski definition) is 2. The first-order valence-electron chi connectivity index (χ1n) is 6.13. The van der Waals surface area contributed by atoms with Crippen molar-refractivity contribution in [2.75, 3.05) is 18.9 Å². The molecule has 1 saturated heterocycles. The maximum atomic E-state index is 13.4. The minimum Gasteiger partial charge on any atom is -0.345 e. The van der Waals surface area contributed by atoms with Gasteiger partial charge in [0.2, 0.25) is 11.8 Å². The standard InChI is InChI=1S/C13H12F4N2O2/c1-19-6-5-7(12(19)21)11(20)18-9-4-2-3-8(14)10(9)13(15,16)17/h2-4,7H,5-6H2,1H3,(H,18,20). The Morgan fingerprint density at radius 1 is 1.38 bits per heavy atom. The van der Waals surface area contributed by atoms with Gasteiger partial charge in [0.05, 0.1) is 5.69 Å². The number of alkyl halides is 3. The first-order chi connectivity index (χ1) is 9.71. The molecular weight excluding hydrogens is 292 g/mol. The van der Waals surface area contributed by atoms with E-state index in [0.29, 0.717) is 12.6 Å². The molecule has 0 aliphatic carbocycles. The second-order valence-corrected chi connectivity index (χ2v) is 4.75. The minimum atomic E-state index is -4.94. The van der Waals surface area contributed by atoms with Crippen LogP contribution in [0.5, 0.6) is 0 Å². The molecular formula is C13H12F4N2O2. The fourth-order valence-corrected chi connectivity index (χ4v) is 2.20. The van der Waals surface area contributed by atoms with E-state index in [1.165, 1.54) is 11.9 Å². The van der Waals surface area contributed by atoms with E-state index in [-0.39, 0.29) is 6.42 Å². The van der Waals surface area contributed by atoms with Gasteiger partial charge in [0.1, 0.15) is 17.3 Å². The maximum absolute atomic E-state index is 13.4. The molecule has 114 valence electrons. The van der Waals surface area contributed by atoms with Gasteiger partial charge in [-0.2, -0.15) is 13.2 Å². The van der Waals surface area contributed by atoms with E-state index in [2.05, 4.69) is 0 Å². The van der Waals surface area contributed by atoms with E-state index in [4.69, 9.17) is 0 Å². The zero-order valence-electron chi connectivity index (χ0n) is 11.0. The molecule has 1 N–H and O–H groups in total. The van der Waals surface area contributed by atoms with Crippen LogP contribution in [0.3, 0.4) is 0 Å². The van der Waals surface area contributed by atoms with E-state index >= 15 is 0 Å². The van der Waals surface area contributed by atoms with E-state index < -0.39 is 41.0 Å². The van der Waals surface area contributed by atoms with Gasteiger partial charge < -0.3 is 10.2 Å². The lowest BCUT2D eigenvalue weighted by Crippen LogP contribution is -2.31. The van der Waals surface area contributed by atoms with Gasteiger partial charge in [-0.15, -0.1) is 0 Å². The Kier molecular flexibility index (Phi) is 3.89. The number of nitrogens with one attached hydrogen (secondary N) is 1. The number of halogens is 4. The SMILES string of the molecule is CN1CCC(C(=O)Nc2cccc(F)c2C(F)(F)F)C1=O. The van der Waals surface area contributed by atoms with Crippen LogP contribution in [-0.4, -0.2) is 30.3 Å². The predicted octanol–water partition coefficient (Wildman–Crippen LogP) is 2.26. The highest BCUT2D eigenvalue weighted by Crippen LogP contribution is 2.37. The molecule has 2 amide bonds. The molecule has 0 radical (unpaired) electrons.